The molecule has 0 aliphatic heterocycles. The Morgan fingerprint density at radius 1 is 1.10 bits per heavy atom. The van der Waals surface area contributed by atoms with E-state index in [-0.39, 0.29) is 5.84 Å². The third-order valence-electron chi connectivity index (χ3n) is 2.58. The molecule has 0 bridgehead atoms. The van der Waals surface area contributed by atoms with Crippen LogP contribution in [-0.4, -0.2) is 5.84 Å². The highest BCUT2D eigenvalue weighted by molar-refractivity contribution is 14.1. The standard InChI is InChI=1S/C14H11I3N2O/c15-10-5-11(16)13(12(17)6-10)20-7-8-2-1-3-9(4-8)14(18)19/h1-6H,7H2,(H3,18,19). The van der Waals surface area contributed by atoms with E-state index in [9.17, 15) is 0 Å². The van der Waals surface area contributed by atoms with Gasteiger partial charge in [-0.25, -0.2) is 0 Å². The number of amidine groups is 1. The van der Waals surface area contributed by atoms with E-state index in [0.29, 0.717) is 6.61 Å². The summed E-state index contributed by atoms with van der Waals surface area (Å²) in [5.74, 6) is 0.977. The van der Waals surface area contributed by atoms with E-state index < -0.39 is 0 Å². The molecule has 0 heterocycles. The van der Waals surface area contributed by atoms with Crippen LogP contribution >= 0.6 is 67.8 Å². The van der Waals surface area contributed by atoms with Crippen LogP contribution in [0.3, 0.4) is 0 Å². The minimum atomic E-state index is 0.0743. The molecule has 3 N–H and O–H groups in total. The molecule has 0 aliphatic rings. The van der Waals surface area contributed by atoms with Crippen molar-refractivity contribution in [1.82, 2.24) is 0 Å². The second-order valence-corrected chi connectivity index (χ2v) is 7.67. The lowest BCUT2D eigenvalue weighted by Gasteiger charge is -2.11. The number of hydrogen-bond donors (Lipinski definition) is 2. The van der Waals surface area contributed by atoms with Crippen LogP contribution in [0.25, 0.3) is 0 Å². The molecule has 3 nitrogen and oxygen atoms in total. The summed E-state index contributed by atoms with van der Waals surface area (Å²) in [7, 11) is 0. The molecule has 0 fully saturated rings. The summed E-state index contributed by atoms with van der Waals surface area (Å²) in [5, 5.41) is 7.45. The summed E-state index contributed by atoms with van der Waals surface area (Å²) in [4.78, 5) is 0. The first-order valence-electron chi connectivity index (χ1n) is 5.68. The molecule has 2 aromatic carbocycles. The lowest BCUT2D eigenvalue weighted by molar-refractivity contribution is 0.301. The lowest BCUT2D eigenvalue weighted by Crippen LogP contribution is -2.11. The molecule has 0 saturated carbocycles. The van der Waals surface area contributed by atoms with Crippen LogP contribution in [0.4, 0.5) is 0 Å². The van der Waals surface area contributed by atoms with Crippen molar-refractivity contribution in [3.05, 3.63) is 58.2 Å². The van der Waals surface area contributed by atoms with E-state index >= 15 is 0 Å². The molecule has 0 aromatic heterocycles. The van der Waals surface area contributed by atoms with Crippen LogP contribution in [0.1, 0.15) is 11.1 Å². The van der Waals surface area contributed by atoms with Gasteiger partial charge in [-0.05, 0) is 91.5 Å². The van der Waals surface area contributed by atoms with E-state index in [2.05, 4.69) is 79.9 Å². The Labute approximate surface area is 158 Å². The maximum Gasteiger partial charge on any atom is 0.146 e. The Morgan fingerprint density at radius 2 is 1.75 bits per heavy atom. The van der Waals surface area contributed by atoms with Gasteiger partial charge in [0.2, 0.25) is 0 Å². The minimum absolute atomic E-state index is 0.0743. The fourth-order valence-corrected chi connectivity index (χ4v) is 5.55. The normalized spacial score (nSPS) is 10.3. The Balaban J connectivity index is 2.17. The number of halogens is 3. The summed E-state index contributed by atoms with van der Waals surface area (Å²) in [6.45, 7) is 0.466. The topological polar surface area (TPSA) is 59.1 Å². The maximum absolute atomic E-state index is 7.45. The highest BCUT2D eigenvalue weighted by Crippen LogP contribution is 2.30. The summed E-state index contributed by atoms with van der Waals surface area (Å²) in [6.07, 6.45) is 0. The van der Waals surface area contributed by atoms with Crippen molar-refractivity contribution in [2.75, 3.05) is 0 Å². The Hall–Kier alpha value is -0.100. The monoisotopic (exact) mass is 604 g/mol. The van der Waals surface area contributed by atoms with Gasteiger partial charge in [0.25, 0.3) is 0 Å². The minimum Gasteiger partial charge on any atom is -0.487 e. The van der Waals surface area contributed by atoms with Gasteiger partial charge in [-0.2, -0.15) is 0 Å². The van der Waals surface area contributed by atoms with E-state index in [1.807, 2.05) is 24.3 Å². The van der Waals surface area contributed by atoms with Gasteiger partial charge in [-0.15, -0.1) is 0 Å². The molecular weight excluding hydrogens is 593 g/mol. The fraction of sp³-hybridized carbons (Fsp3) is 0.0714. The summed E-state index contributed by atoms with van der Waals surface area (Å²) in [5.41, 5.74) is 7.22. The first-order valence-corrected chi connectivity index (χ1v) is 8.91. The number of nitrogen functional groups attached to an aromatic ring is 1. The van der Waals surface area contributed by atoms with E-state index in [4.69, 9.17) is 15.9 Å². The van der Waals surface area contributed by atoms with Gasteiger partial charge in [0.05, 0.1) is 7.14 Å². The maximum atomic E-state index is 7.45. The molecule has 0 unspecified atom stereocenters. The zero-order valence-corrected chi connectivity index (χ0v) is 16.8. The van der Waals surface area contributed by atoms with Crippen molar-refractivity contribution in [1.29, 1.82) is 5.41 Å². The molecule has 6 heteroatoms. The Morgan fingerprint density at radius 3 is 2.35 bits per heavy atom. The lowest BCUT2D eigenvalue weighted by atomic mass is 10.1. The van der Waals surface area contributed by atoms with Gasteiger partial charge in [0.1, 0.15) is 18.2 Å². The highest BCUT2D eigenvalue weighted by Gasteiger charge is 2.08. The van der Waals surface area contributed by atoms with Crippen molar-refractivity contribution in [3.63, 3.8) is 0 Å². The van der Waals surface area contributed by atoms with Crippen molar-refractivity contribution >= 4 is 73.6 Å². The molecule has 104 valence electrons. The third kappa shape index (κ3) is 4.20. The van der Waals surface area contributed by atoms with Gasteiger partial charge < -0.3 is 10.5 Å². The second-order valence-electron chi connectivity index (χ2n) is 4.10. The van der Waals surface area contributed by atoms with E-state index in [1.54, 1.807) is 0 Å². The summed E-state index contributed by atoms with van der Waals surface area (Å²) >= 11 is 6.86. The fourth-order valence-electron chi connectivity index (χ4n) is 1.65. The molecule has 20 heavy (non-hydrogen) atoms. The zero-order valence-electron chi connectivity index (χ0n) is 10.3. The smallest absolute Gasteiger partial charge is 0.146 e. The van der Waals surface area contributed by atoms with Crippen LogP contribution in [0.5, 0.6) is 5.75 Å². The van der Waals surface area contributed by atoms with Crippen molar-refractivity contribution in [2.45, 2.75) is 6.61 Å². The average molecular weight is 604 g/mol. The molecule has 0 spiro atoms. The van der Waals surface area contributed by atoms with Crippen LogP contribution in [0, 0.1) is 16.1 Å². The predicted molar refractivity (Wildman–Crippen MR) is 106 cm³/mol. The van der Waals surface area contributed by atoms with Gasteiger partial charge in [0, 0.05) is 9.13 Å². The predicted octanol–water partition coefficient (Wildman–Crippen LogP) is 4.36. The van der Waals surface area contributed by atoms with Gasteiger partial charge in [-0.3, -0.25) is 5.41 Å². The van der Waals surface area contributed by atoms with Crippen molar-refractivity contribution in [3.8, 4) is 5.75 Å². The molecule has 0 saturated heterocycles. The number of hydrogen-bond acceptors (Lipinski definition) is 2. The van der Waals surface area contributed by atoms with E-state index in [1.165, 1.54) is 3.57 Å². The van der Waals surface area contributed by atoms with Crippen LogP contribution in [0.2, 0.25) is 0 Å². The largest absolute Gasteiger partial charge is 0.487 e. The number of nitrogens with one attached hydrogen (secondary N) is 1. The average Bonchev–Trinajstić information content (AvgIpc) is 2.37. The quantitative estimate of drug-likeness (QED) is 0.310. The Kier molecular flexibility index (Phi) is 5.90. The first-order chi connectivity index (χ1) is 9.47. The molecular formula is C14H11I3N2O. The van der Waals surface area contributed by atoms with Crippen molar-refractivity contribution < 1.29 is 4.74 Å². The first kappa shape index (κ1) is 16.3. The molecule has 0 amide bonds. The van der Waals surface area contributed by atoms with Gasteiger partial charge in [-0.1, -0.05) is 18.2 Å². The van der Waals surface area contributed by atoms with Gasteiger partial charge in [0.15, 0.2) is 0 Å². The molecule has 0 aliphatic carbocycles. The van der Waals surface area contributed by atoms with Crippen LogP contribution < -0.4 is 10.5 Å². The number of benzene rings is 2. The number of rotatable bonds is 4. The van der Waals surface area contributed by atoms with Crippen molar-refractivity contribution in [2.24, 2.45) is 5.73 Å². The molecule has 0 radical (unpaired) electrons. The summed E-state index contributed by atoms with van der Waals surface area (Å²) in [6, 6.07) is 11.7. The second kappa shape index (κ2) is 7.25. The van der Waals surface area contributed by atoms with Crippen LogP contribution in [0.15, 0.2) is 36.4 Å². The highest BCUT2D eigenvalue weighted by atomic mass is 127. The summed E-state index contributed by atoms with van der Waals surface area (Å²) < 4.78 is 9.31. The number of ether oxygens (including phenoxy) is 1. The van der Waals surface area contributed by atoms with Crippen LogP contribution in [-0.2, 0) is 6.61 Å². The molecule has 0 atom stereocenters. The zero-order chi connectivity index (χ0) is 14.7. The third-order valence-corrected chi connectivity index (χ3v) is 4.81. The Bertz CT molecular complexity index is 636. The number of nitrogens with two attached hydrogens (primary N) is 1. The SMILES string of the molecule is N=C(N)c1cccc(COc2c(I)cc(I)cc2I)c1. The van der Waals surface area contributed by atoms with E-state index in [0.717, 1.165) is 24.0 Å². The molecule has 2 rings (SSSR count). The van der Waals surface area contributed by atoms with Gasteiger partial charge >= 0.3 is 0 Å². The molecule has 2 aromatic rings.